The van der Waals surface area contributed by atoms with E-state index in [4.69, 9.17) is 4.98 Å². The average Bonchev–Trinajstić information content (AvgIpc) is 3.23. The van der Waals surface area contributed by atoms with Gasteiger partial charge < -0.3 is 4.90 Å². The summed E-state index contributed by atoms with van der Waals surface area (Å²) in [6, 6.07) is 4.28. The van der Waals surface area contributed by atoms with E-state index in [1.54, 1.807) is 0 Å². The average molecular weight is 340 g/mol. The smallest absolute Gasteiger partial charge is 0.225 e. The van der Waals surface area contributed by atoms with E-state index >= 15 is 0 Å². The van der Waals surface area contributed by atoms with Crippen LogP contribution in [0.3, 0.4) is 0 Å². The highest BCUT2D eigenvalue weighted by Gasteiger charge is 2.38. The van der Waals surface area contributed by atoms with Gasteiger partial charge in [-0.05, 0) is 44.7 Å². The van der Waals surface area contributed by atoms with Crippen LogP contribution >= 0.6 is 0 Å². The third kappa shape index (κ3) is 2.83. The van der Waals surface area contributed by atoms with Gasteiger partial charge in [-0.1, -0.05) is 19.8 Å². The van der Waals surface area contributed by atoms with E-state index in [0.717, 1.165) is 61.2 Å². The van der Waals surface area contributed by atoms with E-state index < -0.39 is 0 Å². The SMILES string of the molecule is Cc1nn(C)c2nc([C@@]3(C)CCCN(C(=O)C4CCCC4)C3)ccc12. The fourth-order valence-electron chi connectivity index (χ4n) is 4.71. The van der Waals surface area contributed by atoms with Crippen molar-refractivity contribution in [2.75, 3.05) is 13.1 Å². The van der Waals surface area contributed by atoms with Gasteiger partial charge >= 0.3 is 0 Å². The zero-order valence-electron chi connectivity index (χ0n) is 15.6. The van der Waals surface area contributed by atoms with Gasteiger partial charge in [0, 0.05) is 36.9 Å². The lowest BCUT2D eigenvalue weighted by Gasteiger charge is -2.41. The van der Waals surface area contributed by atoms with Crippen LogP contribution in [0, 0.1) is 12.8 Å². The standard InChI is InChI=1S/C20H28N4O/c1-14-16-9-10-17(21-18(16)23(3)22-14)20(2)11-6-12-24(13-20)19(25)15-7-4-5-8-15/h9-10,15H,4-8,11-13H2,1-3H3/t20-/m0/s1. The summed E-state index contributed by atoms with van der Waals surface area (Å²) in [6.07, 6.45) is 6.70. The second-order valence-electron chi connectivity index (χ2n) is 8.18. The molecular formula is C20H28N4O. The number of aryl methyl sites for hydroxylation is 2. The molecule has 1 atom stereocenters. The molecule has 2 aliphatic rings. The predicted octanol–water partition coefficient (Wildman–Crippen LogP) is 3.35. The van der Waals surface area contributed by atoms with Crippen LogP contribution in [0.1, 0.15) is 56.8 Å². The van der Waals surface area contributed by atoms with Crippen LogP contribution < -0.4 is 0 Å². The third-order valence-electron chi connectivity index (χ3n) is 6.20. The number of aromatic nitrogens is 3. The molecule has 1 aliphatic carbocycles. The number of pyridine rings is 1. The molecule has 2 fully saturated rings. The topological polar surface area (TPSA) is 51.0 Å². The Bertz CT molecular complexity index is 805. The van der Waals surface area contributed by atoms with Crippen molar-refractivity contribution < 1.29 is 4.79 Å². The number of amides is 1. The molecule has 0 bridgehead atoms. The largest absolute Gasteiger partial charge is 0.342 e. The maximum atomic E-state index is 12.9. The van der Waals surface area contributed by atoms with Crippen LogP contribution in [0.2, 0.25) is 0 Å². The van der Waals surface area contributed by atoms with Crippen molar-refractivity contribution in [1.29, 1.82) is 0 Å². The van der Waals surface area contributed by atoms with Crippen LogP contribution in [0.15, 0.2) is 12.1 Å². The summed E-state index contributed by atoms with van der Waals surface area (Å²) in [5.41, 5.74) is 2.98. The molecule has 0 spiro atoms. The molecule has 5 nitrogen and oxygen atoms in total. The zero-order valence-corrected chi connectivity index (χ0v) is 15.6. The Morgan fingerprint density at radius 1 is 1.24 bits per heavy atom. The molecule has 25 heavy (non-hydrogen) atoms. The number of nitrogens with zero attached hydrogens (tertiary/aromatic N) is 4. The van der Waals surface area contributed by atoms with Crippen molar-refractivity contribution in [2.45, 2.75) is 57.8 Å². The summed E-state index contributed by atoms with van der Waals surface area (Å²) in [5, 5.41) is 5.60. The van der Waals surface area contributed by atoms with Crippen molar-refractivity contribution in [1.82, 2.24) is 19.7 Å². The monoisotopic (exact) mass is 340 g/mol. The van der Waals surface area contributed by atoms with Gasteiger partial charge in [0.2, 0.25) is 5.91 Å². The summed E-state index contributed by atoms with van der Waals surface area (Å²) in [4.78, 5) is 19.9. The van der Waals surface area contributed by atoms with Gasteiger partial charge in [-0.25, -0.2) is 4.98 Å². The molecule has 5 heteroatoms. The van der Waals surface area contributed by atoms with E-state index in [0.29, 0.717) is 5.91 Å². The van der Waals surface area contributed by atoms with Gasteiger partial charge in [-0.15, -0.1) is 0 Å². The first-order chi connectivity index (χ1) is 12.0. The Kier molecular flexibility index (Phi) is 4.05. The lowest BCUT2D eigenvalue weighted by molar-refractivity contribution is -0.137. The number of fused-ring (bicyclic) bond motifs is 1. The number of hydrogen-bond donors (Lipinski definition) is 0. The molecule has 4 rings (SSSR count). The Hall–Kier alpha value is -1.91. The molecule has 0 unspecified atom stereocenters. The van der Waals surface area contributed by atoms with E-state index in [2.05, 4.69) is 29.1 Å². The minimum absolute atomic E-state index is 0.0706. The summed E-state index contributed by atoms with van der Waals surface area (Å²) in [6.45, 7) is 5.97. The molecule has 0 radical (unpaired) electrons. The molecule has 0 N–H and O–H groups in total. The summed E-state index contributed by atoms with van der Waals surface area (Å²) in [5.74, 6) is 0.637. The Morgan fingerprint density at radius 2 is 2.00 bits per heavy atom. The van der Waals surface area contributed by atoms with Crippen LogP contribution in [0.25, 0.3) is 11.0 Å². The molecule has 1 saturated heterocycles. The molecule has 134 valence electrons. The van der Waals surface area contributed by atoms with Crippen molar-refractivity contribution in [2.24, 2.45) is 13.0 Å². The fraction of sp³-hybridized carbons (Fsp3) is 0.650. The van der Waals surface area contributed by atoms with Crippen LogP contribution in [0.4, 0.5) is 0 Å². The van der Waals surface area contributed by atoms with E-state index in [-0.39, 0.29) is 11.3 Å². The third-order valence-corrected chi connectivity index (χ3v) is 6.20. The second-order valence-corrected chi connectivity index (χ2v) is 8.18. The molecular weight excluding hydrogens is 312 g/mol. The van der Waals surface area contributed by atoms with E-state index in [1.165, 1.54) is 12.8 Å². The van der Waals surface area contributed by atoms with Gasteiger partial charge in [-0.2, -0.15) is 5.10 Å². The minimum Gasteiger partial charge on any atom is -0.342 e. The predicted molar refractivity (Wildman–Crippen MR) is 98.4 cm³/mol. The number of likely N-dealkylation sites (tertiary alicyclic amines) is 1. The molecule has 0 aromatic carbocycles. The van der Waals surface area contributed by atoms with Crippen molar-refractivity contribution in [3.8, 4) is 0 Å². The van der Waals surface area contributed by atoms with Crippen molar-refractivity contribution in [3.05, 3.63) is 23.5 Å². The number of carbonyl (C=O) groups is 1. The molecule has 2 aromatic rings. The first-order valence-electron chi connectivity index (χ1n) is 9.57. The second kappa shape index (κ2) is 6.11. The number of rotatable bonds is 2. The normalized spacial score (nSPS) is 25.0. The zero-order chi connectivity index (χ0) is 17.6. The Balaban J connectivity index is 1.62. The maximum Gasteiger partial charge on any atom is 0.225 e. The van der Waals surface area contributed by atoms with Crippen molar-refractivity contribution in [3.63, 3.8) is 0 Å². The quantitative estimate of drug-likeness (QED) is 0.842. The fourth-order valence-corrected chi connectivity index (χ4v) is 4.71. The van der Waals surface area contributed by atoms with Crippen molar-refractivity contribution >= 4 is 16.9 Å². The lowest BCUT2D eigenvalue weighted by Crippen LogP contribution is -2.49. The van der Waals surface area contributed by atoms with Crippen LogP contribution in [0.5, 0.6) is 0 Å². The summed E-state index contributed by atoms with van der Waals surface area (Å²) >= 11 is 0. The molecule has 2 aromatic heterocycles. The highest BCUT2D eigenvalue weighted by atomic mass is 16.2. The minimum atomic E-state index is -0.0706. The van der Waals surface area contributed by atoms with Gasteiger partial charge in [0.25, 0.3) is 0 Å². The van der Waals surface area contributed by atoms with Gasteiger partial charge in [-0.3, -0.25) is 9.48 Å². The van der Waals surface area contributed by atoms with Crippen LogP contribution in [-0.2, 0) is 17.3 Å². The number of piperidine rings is 1. The molecule has 1 amide bonds. The van der Waals surface area contributed by atoms with E-state index in [9.17, 15) is 4.79 Å². The Labute approximate surface area is 149 Å². The summed E-state index contributed by atoms with van der Waals surface area (Å²) in [7, 11) is 1.95. The lowest BCUT2D eigenvalue weighted by atomic mass is 9.78. The first-order valence-corrected chi connectivity index (χ1v) is 9.57. The van der Waals surface area contributed by atoms with E-state index in [1.807, 2.05) is 18.7 Å². The first kappa shape index (κ1) is 16.6. The number of hydrogen-bond acceptors (Lipinski definition) is 3. The Morgan fingerprint density at radius 3 is 2.76 bits per heavy atom. The molecule has 1 saturated carbocycles. The van der Waals surface area contributed by atoms with Crippen LogP contribution in [-0.4, -0.2) is 38.7 Å². The number of carbonyl (C=O) groups excluding carboxylic acids is 1. The molecule has 3 heterocycles. The highest BCUT2D eigenvalue weighted by molar-refractivity contribution is 5.80. The summed E-state index contributed by atoms with van der Waals surface area (Å²) < 4.78 is 1.86. The maximum absolute atomic E-state index is 12.9. The van der Waals surface area contributed by atoms with Gasteiger partial charge in [0.15, 0.2) is 5.65 Å². The van der Waals surface area contributed by atoms with Gasteiger partial charge in [0.05, 0.1) is 11.4 Å². The van der Waals surface area contributed by atoms with Gasteiger partial charge in [0.1, 0.15) is 0 Å². The molecule has 1 aliphatic heterocycles. The highest BCUT2D eigenvalue weighted by Crippen LogP contribution is 2.36.